The highest BCUT2D eigenvalue weighted by molar-refractivity contribution is 7.91. The van der Waals surface area contributed by atoms with E-state index < -0.39 is 31.6 Å². The Morgan fingerprint density at radius 1 is 1.11 bits per heavy atom. The predicted molar refractivity (Wildman–Crippen MR) is 103 cm³/mol. The number of hydrogen-bond donors (Lipinski definition) is 2. The molecular weight excluding hydrogens is 392 g/mol. The number of rotatable bonds is 7. The van der Waals surface area contributed by atoms with Crippen molar-refractivity contribution in [2.24, 2.45) is 0 Å². The third kappa shape index (κ3) is 8.10. The summed E-state index contributed by atoms with van der Waals surface area (Å²) in [6, 6.07) is 3.96. The molecule has 27 heavy (non-hydrogen) atoms. The lowest BCUT2D eigenvalue weighted by atomic mass is 10.2. The van der Waals surface area contributed by atoms with E-state index in [1.54, 1.807) is 33.8 Å². The van der Waals surface area contributed by atoms with Crippen LogP contribution < -0.4 is 10.0 Å². The lowest BCUT2D eigenvalue weighted by molar-refractivity contribution is 0.0534. The Kier molecular flexibility index (Phi) is 7.58. The number of alkyl carbamates (subject to hydrolysis) is 1. The normalized spacial score (nSPS) is 12.9. The lowest BCUT2D eigenvalue weighted by Crippen LogP contribution is -2.32. The van der Waals surface area contributed by atoms with E-state index in [9.17, 15) is 21.6 Å². The average Bonchev–Trinajstić information content (AvgIpc) is 2.48. The summed E-state index contributed by atoms with van der Waals surface area (Å²) >= 11 is 0. The van der Waals surface area contributed by atoms with Crippen molar-refractivity contribution < 1.29 is 26.4 Å². The molecule has 2 N–H and O–H groups in total. The molecule has 0 atom stereocenters. The number of carbonyl (C=O) groups excluding carboxylic acids is 1. The van der Waals surface area contributed by atoms with Gasteiger partial charge < -0.3 is 10.1 Å². The number of hydrogen-bond acceptors (Lipinski definition) is 6. The number of nitrogens with one attached hydrogen (secondary N) is 2. The van der Waals surface area contributed by atoms with Crippen LogP contribution in [0.15, 0.2) is 40.1 Å². The first-order valence-corrected chi connectivity index (χ1v) is 11.5. The number of amides is 1. The van der Waals surface area contributed by atoms with Gasteiger partial charge in [0.2, 0.25) is 10.0 Å². The molecule has 0 aromatic heterocycles. The highest BCUT2D eigenvalue weighted by Crippen LogP contribution is 2.19. The third-order valence-corrected chi connectivity index (χ3v) is 5.87. The van der Waals surface area contributed by atoms with E-state index in [-0.39, 0.29) is 22.9 Å². The van der Waals surface area contributed by atoms with Crippen molar-refractivity contribution in [1.82, 2.24) is 10.0 Å². The standard InChI is InChI=1S/C17H26N2O6S2/c1-13-8-9-14(26(5,21)22)12-15(13)27(23,24)19-11-7-6-10-18-16(20)25-17(2,3)4/h6-9,12,19H,10-11H2,1-5H3,(H,18,20)/b7-6+. The van der Waals surface area contributed by atoms with Crippen molar-refractivity contribution in [3.63, 3.8) is 0 Å². The fourth-order valence-corrected chi connectivity index (χ4v) is 3.93. The van der Waals surface area contributed by atoms with Crippen LogP contribution in [0.25, 0.3) is 0 Å². The summed E-state index contributed by atoms with van der Waals surface area (Å²) in [5.74, 6) is 0. The van der Waals surface area contributed by atoms with E-state index in [0.29, 0.717) is 5.56 Å². The number of aryl methyl sites for hydroxylation is 1. The first kappa shape index (κ1) is 23.1. The van der Waals surface area contributed by atoms with Crippen LogP contribution in [0.2, 0.25) is 0 Å². The minimum absolute atomic E-state index is 0.0130. The van der Waals surface area contributed by atoms with Crippen LogP contribution in [-0.4, -0.2) is 47.9 Å². The van der Waals surface area contributed by atoms with Gasteiger partial charge in [-0.1, -0.05) is 18.2 Å². The predicted octanol–water partition coefficient (Wildman–Crippen LogP) is 1.76. The van der Waals surface area contributed by atoms with E-state index in [4.69, 9.17) is 4.74 Å². The molecule has 0 spiro atoms. The van der Waals surface area contributed by atoms with Gasteiger partial charge in [-0.15, -0.1) is 0 Å². The third-order valence-electron chi connectivity index (χ3n) is 3.20. The van der Waals surface area contributed by atoms with Crippen LogP contribution in [0.4, 0.5) is 4.79 Å². The van der Waals surface area contributed by atoms with Gasteiger partial charge in [-0.3, -0.25) is 0 Å². The molecule has 0 unspecified atom stereocenters. The Morgan fingerprint density at radius 3 is 2.26 bits per heavy atom. The molecule has 0 saturated heterocycles. The van der Waals surface area contributed by atoms with Crippen LogP contribution in [0.1, 0.15) is 26.3 Å². The number of benzene rings is 1. The molecule has 0 aliphatic rings. The summed E-state index contributed by atoms with van der Waals surface area (Å²) in [7, 11) is -7.39. The molecule has 8 nitrogen and oxygen atoms in total. The van der Waals surface area contributed by atoms with Crippen LogP contribution >= 0.6 is 0 Å². The maximum Gasteiger partial charge on any atom is 0.407 e. The SMILES string of the molecule is Cc1ccc(S(C)(=O)=O)cc1S(=O)(=O)NC/C=C/CNC(=O)OC(C)(C)C. The van der Waals surface area contributed by atoms with E-state index in [2.05, 4.69) is 10.0 Å². The smallest absolute Gasteiger partial charge is 0.407 e. The first-order valence-electron chi connectivity index (χ1n) is 8.14. The van der Waals surface area contributed by atoms with Crippen molar-refractivity contribution in [1.29, 1.82) is 0 Å². The Balaban J connectivity index is 2.66. The molecule has 10 heteroatoms. The van der Waals surface area contributed by atoms with Crippen molar-refractivity contribution in [3.05, 3.63) is 35.9 Å². The van der Waals surface area contributed by atoms with Crippen LogP contribution in [-0.2, 0) is 24.6 Å². The Labute approximate surface area is 161 Å². The Morgan fingerprint density at radius 2 is 1.70 bits per heavy atom. The fraction of sp³-hybridized carbons (Fsp3) is 0.471. The van der Waals surface area contributed by atoms with Crippen LogP contribution in [0.5, 0.6) is 0 Å². The minimum Gasteiger partial charge on any atom is -0.444 e. The molecule has 1 aromatic carbocycles. The van der Waals surface area contributed by atoms with E-state index in [1.165, 1.54) is 18.2 Å². The molecule has 0 aliphatic carbocycles. The highest BCUT2D eigenvalue weighted by atomic mass is 32.2. The zero-order valence-electron chi connectivity index (χ0n) is 16.1. The molecule has 0 bridgehead atoms. The van der Waals surface area contributed by atoms with Crippen molar-refractivity contribution in [2.75, 3.05) is 19.3 Å². The number of sulfone groups is 1. The van der Waals surface area contributed by atoms with E-state index in [0.717, 1.165) is 12.3 Å². The van der Waals surface area contributed by atoms with E-state index >= 15 is 0 Å². The molecule has 0 heterocycles. The number of carbonyl (C=O) groups is 1. The zero-order chi connectivity index (χ0) is 20.9. The second-order valence-electron chi connectivity index (χ2n) is 6.91. The maximum atomic E-state index is 12.4. The molecule has 0 saturated carbocycles. The van der Waals surface area contributed by atoms with Gasteiger partial charge in [0, 0.05) is 19.3 Å². The van der Waals surface area contributed by atoms with Crippen LogP contribution in [0, 0.1) is 6.92 Å². The van der Waals surface area contributed by atoms with Crippen molar-refractivity contribution in [3.8, 4) is 0 Å². The van der Waals surface area contributed by atoms with Crippen LogP contribution in [0.3, 0.4) is 0 Å². The maximum absolute atomic E-state index is 12.4. The monoisotopic (exact) mass is 418 g/mol. The summed E-state index contributed by atoms with van der Waals surface area (Å²) in [5.41, 5.74) is -0.160. The molecule has 0 fully saturated rings. The Bertz CT molecular complexity index is 913. The van der Waals surface area contributed by atoms with Gasteiger partial charge in [0.05, 0.1) is 9.79 Å². The fourth-order valence-electron chi connectivity index (χ4n) is 1.96. The van der Waals surface area contributed by atoms with Gasteiger partial charge in [0.1, 0.15) is 5.60 Å². The van der Waals surface area contributed by atoms with Gasteiger partial charge in [-0.2, -0.15) is 0 Å². The molecule has 0 radical (unpaired) electrons. The van der Waals surface area contributed by atoms with Gasteiger partial charge in [0.25, 0.3) is 0 Å². The summed E-state index contributed by atoms with van der Waals surface area (Å²) in [6.45, 7) is 7.00. The lowest BCUT2D eigenvalue weighted by Gasteiger charge is -2.19. The van der Waals surface area contributed by atoms with Gasteiger partial charge in [-0.05, 0) is 45.4 Å². The number of ether oxygens (including phenoxy) is 1. The Hall–Kier alpha value is -1.91. The average molecular weight is 419 g/mol. The molecule has 1 aromatic rings. The van der Waals surface area contributed by atoms with Gasteiger partial charge >= 0.3 is 6.09 Å². The summed E-state index contributed by atoms with van der Waals surface area (Å²) in [4.78, 5) is 11.3. The second-order valence-corrected chi connectivity index (χ2v) is 10.7. The molecular formula is C17H26N2O6S2. The molecule has 1 rings (SSSR count). The molecule has 152 valence electrons. The largest absolute Gasteiger partial charge is 0.444 e. The zero-order valence-corrected chi connectivity index (χ0v) is 17.7. The van der Waals surface area contributed by atoms with Crippen molar-refractivity contribution >= 4 is 26.0 Å². The quantitative estimate of drug-likeness (QED) is 0.651. The molecule has 1 amide bonds. The minimum atomic E-state index is -3.88. The number of sulfonamides is 1. The van der Waals surface area contributed by atoms with E-state index in [1.807, 2.05) is 0 Å². The summed E-state index contributed by atoms with van der Waals surface area (Å²) in [6.07, 6.45) is 3.56. The molecule has 0 aliphatic heterocycles. The van der Waals surface area contributed by atoms with Gasteiger partial charge in [-0.25, -0.2) is 26.4 Å². The summed E-state index contributed by atoms with van der Waals surface area (Å²) in [5, 5.41) is 2.51. The first-order chi connectivity index (χ1) is 12.2. The van der Waals surface area contributed by atoms with Crippen molar-refractivity contribution in [2.45, 2.75) is 43.1 Å². The van der Waals surface area contributed by atoms with Gasteiger partial charge in [0.15, 0.2) is 9.84 Å². The topological polar surface area (TPSA) is 119 Å². The summed E-state index contributed by atoms with van der Waals surface area (Å²) < 4.78 is 55.5. The highest BCUT2D eigenvalue weighted by Gasteiger charge is 2.19. The second kappa shape index (κ2) is 8.85.